The Labute approximate surface area is 323 Å². The van der Waals surface area contributed by atoms with E-state index in [1.807, 2.05) is 97.1 Å². The van der Waals surface area contributed by atoms with Crippen LogP contribution in [0.3, 0.4) is 0 Å². The van der Waals surface area contributed by atoms with E-state index in [1.165, 1.54) is 0 Å². The molecule has 0 atom stereocenters. The SMILES string of the molecule is [2H]c1c([2H])c([2H])c2c(c1[2H])c1c([2H])c(-c3ccc4c(c3)c3ccc(-c5ccccc5)cc3n4-c3ccccc3)c([2H])c([2H])c1n2-c1ccc(-c2cccc3ccccc23)cc1. The van der Waals surface area contributed by atoms with Gasteiger partial charge in [0.2, 0.25) is 0 Å². The fourth-order valence-electron chi connectivity index (χ4n) is 8.03. The fraction of sp³-hybridized carbons (Fsp3) is 0. The van der Waals surface area contributed by atoms with Gasteiger partial charge in [-0.15, -0.1) is 0 Å². The molecule has 0 saturated heterocycles. The highest BCUT2D eigenvalue weighted by Gasteiger charge is 2.17. The van der Waals surface area contributed by atoms with Crippen molar-refractivity contribution in [1.29, 1.82) is 0 Å². The van der Waals surface area contributed by atoms with Gasteiger partial charge in [0.1, 0.15) is 0 Å². The Balaban J connectivity index is 1.16. The van der Waals surface area contributed by atoms with E-state index in [1.54, 1.807) is 4.57 Å². The highest BCUT2D eigenvalue weighted by molar-refractivity contribution is 6.13. The molecule has 252 valence electrons. The number of aromatic nitrogens is 2. The van der Waals surface area contributed by atoms with E-state index in [9.17, 15) is 4.11 Å². The second-order valence-electron chi connectivity index (χ2n) is 13.6. The number of fused-ring (bicyclic) bond motifs is 7. The Bertz CT molecular complexity index is 3590. The minimum Gasteiger partial charge on any atom is -0.309 e. The predicted octanol–water partition coefficient (Wildman–Crippen LogP) is 14.0. The number of benzene rings is 9. The Kier molecular flexibility index (Phi) is 5.47. The van der Waals surface area contributed by atoms with Crippen molar-refractivity contribution in [1.82, 2.24) is 9.13 Å². The molecule has 2 heteroatoms. The average Bonchev–Trinajstić information content (AvgIpc) is 3.84. The zero-order valence-electron chi connectivity index (χ0n) is 36.0. The summed E-state index contributed by atoms with van der Waals surface area (Å²) in [6, 6.07) is 52.9. The standard InChI is InChI=1S/C52H34N2/c1-3-12-35(13-4-1)40-24-29-46-48-33-39(26-31-51(48)54(52(46)34-40)41-16-5-2-6-17-41)38-25-30-50-47(32-38)45-19-9-10-21-49(45)53(50)42-27-22-37(23-28-42)44-20-11-15-36-14-7-8-18-43(36)44/h1-34H/i9D,10D,19D,21D,25D,30D,32D. The number of rotatable bonds is 5. The number of para-hydroxylation sites is 2. The molecule has 9 aromatic carbocycles. The minimum atomic E-state index is -0.421. The summed E-state index contributed by atoms with van der Waals surface area (Å²) >= 11 is 0. The van der Waals surface area contributed by atoms with Gasteiger partial charge >= 0.3 is 0 Å². The maximum Gasteiger partial charge on any atom is 0.0645 e. The van der Waals surface area contributed by atoms with E-state index >= 15 is 0 Å². The normalized spacial score (nSPS) is 13.5. The van der Waals surface area contributed by atoms with Gasteiger partial charge in [0.15, 0.2) is 0 Å². The van der Waals surface area contributed by atoms with Crippen molar-refractivity contribution in [2.45, 2.75) is 0 Å². The summed E-state index contributed by atoms with van der Waals surface area (Å²) in [6.45, 7) is 0. The Morgan fingerprint density at radius 2 is 1.00 bits per heavy atom. The van der Waals surface area contributed by atoms with E-state index < -0.39 is 12.1 Å². The third-order valence-corrected chi connectivity index (χ3v) is 10.6. The van der Waals surface area contributed by atoms with Gasteiger partial charge in [-0.05, 0) is 105 Å². The van der Waals surface area contributed by atoms with Crippen LogP contribution in [0.1, 0.15) is 9.60 Å². The largest absolute Gasteiger partial charge is 0.309 e. The molecule has 0 bridgehead atoms. The van der Waals surface area contributed by atoms with Gasteiger partial charge in [-0.1, -0.05) is 145 Å². The van der Waals surface area contributed by atoms with Gasteiger partial charge in [0.25, 0.3) is 0 Å². The zero-order valence-corrected chi connectivity index (χ0v) is 29.0. The summed E-state index contributed by atoms with van der Waals surface area (Å²) in [6.07, 6.45) is 0. The van der Waals surface area contributed by atoms with Crippen LogP contribution >= 0.6 is 0 Å². The highest BCUT2D eigenvalue weighted by Crippen LogP contribution is 2.40. The Morgan fingerprint density at radius 3 is 1.87 bits per heavy atom. The molecule has 11 rings (SSSR count). The molecule has 0 N–H and O–H groups in total. The minimum absolute atomic E-state index is 0.0744. The molecule has 0 amide bonds. The highest BCUT2D eigenvalue weighted by atomic mass is 15.0. The van der Waals surface area contributed by atoms with Crippen molar-refractivity contribution in [2.75, 3.05) is 0 Å². The lowest BCUT2D eigenvalue weighted by atomic mass is 9.98. The second kappa shape index (κ2) is 12.2. The smallest absolute Gasteiger partial charge is 0.0645 e. The van der Waals surface area contributed by atoms with E-state index in [0.717, 1.165) is 60.5 Å². The van der Waals surface area contributed by atoms with Crippen LogP contribution in [0.5, 0.6) is 0 Å². The number of hydrogen-bond acceptors (Lipinski definition) is 0. The van der Waals surface area contributed by atoms with Crippen LogP contribution in [-0.2, 0) is 0 Å². The molecule has 0 fully saturated rings. The Hall–Kier alpha value is -7.16. The topological polar surface area (TPSA) is 9.86 Å². The number of hydrogen-bond donors (Lipinski definition) is 0. The summed E-state index contributed by atoms with van der Waals surface area (Å²) in [5.41, 5.74) is 8.80. The summed E-state index contributed by atoms with van der Waals surface area (Å²) in [5, 5.41) is 4.47. The molecule has 0 aliphatic rings. The van der Waals surface area contributed by atoms with Crippen LogP contribution in [0.15, 0.2) is 206 Å². The average molecular weight is 694 g/mol. The monoisotopic (exact) mass is 693 g/mol. The first-order valence-electron chi connectivity index (χ1n) is 21.5. The van der Waals surface area contributed by atoms with Crippen LogP contribution in [0.25, 0.3) is 99.1 Å². The molecule has 0 aliphatic carbocycles. The molecule has 0 spiro atoms. The first-order valence-corrected chi connectivity index (χ1v) is 18.0. The van der Waals surface area contributed by atoms with Crippen molar-refractivity contribution >= 4 is 54.4 Å². The Morgan fingerprint density at radius 1 is 0.333 bits per heavy atom. The number of nitrogens with zero attached hydrogens (tertiary/aromatic N) is 2. The zero-order chi connectivity index (χ0) is 41.7. The second-order valence-corrected chi connectivity index (χ2v) is 13.6. The van der Waals surface area contributed by atoms with Crippen molar-refractivity contribution < 1.29 is 9.60 Å². The molecule has 2 nitrogen and oxygen atoms in total. The summed E-state index contributed by atoms with van der Waals surface area (Å²) < 4.78 is 68.6. The molecule has 11 aromatic rings. The molecule has 2 aromatic heterocycles. The van der Waals surface area contributed by atoms with Gasteiger partial charge in [0.05, 0.1) is 31.7 Å². The van der Waals surface area contributed by atoms with Crippen LogP contribution in [-0.4, -0.2) is 9.13 Å². The third-order valence-electron chi connectivity index (χ3n) is 10.6. The van der Waals surface area contributed by atoms with Gasteiger partial charge in [-0.25, -0.2) is 0 Å². The van der Waals surface area contributed by atoms with Crippen LogP contribution in [0.2, 0.25) is 0 Å². The molecule has 0 saturated carbocycles. The molecule has 54 heavy (non-hydrogen) atoms. The lowest BCUT2D eigenvalue weighted by Crippen LogP contribution is -1.94. The first-order chi connectivity index (χ1) is 29.7. The first kappa shape index (κ1) is 24.2. The lowest BCUT2D eigenvalue weighted by molar-refractivity contribution is 1.18. The van der Waals surface area contributed by atoms with Crippen molar-refractivity contribution in [2.24, 2.45) is 0 Å². The fourth-order valence-corrected chi connectivity index (χ4v) is 8.03. The van der Waals surface area contributed by atoms with Crippen molar-refractivity contribution in [3.63, 3.8) is 0 Å². The molecular formula is C52H34N2. The molecular weight excluding hydrogens is 653 g/mol. The lowest BCUT2D eigenvalue weighted by Gasteiger charge is -2.11. The van der Waals surface area contributed by atoms with E-state index in [2.05, 4.69) is 71.3 Å². The van der Waals surface area contributed by atoms with E-state index in [4.69, 9.17) is 5.48 Å². The van der Waals surface area contributed by atoms with E-state index in [0.29, 0.717) is 11.3 Å². The molecule has 2 heterocycles. The van der Waals surface area contributed by atoms with Gasteiger partial charge in [0, 0.05) is 32.9 Å². The van der Waals surface area contributed by atoms with Crippen molar-refractivity contribution in [3.8, 4) is 44.8 Å². The summed E-state index contributed by atoms with van der Waals surface area (Å²) in [5.74, 6) is 0. The van der Waals surface area contributed by atoms with Crippen LogP contribution in [0.4, 0.5) is 0 Å². The maximum absolute atomic E-state index is 9.85. The molecule has 0 unspecified atom stereocenters. The molecule has 0 aliphatic heterocycles. The van der Waals surface area contributed by atoms with Crippen molar-refractivity contribution in [3.05, 3.63) is 206 Å². The van der Waals surface area contributed by atoms with Crippen LogP contribution in [0, 0.1) is 0 Å². The van der Waals surface area contributed by atoms with Gasteiger partial charge < -0.3 is 9.13 Å². The van der Waals surface area contributed by atoms with Gasteiger partial charge in [-0.2, -0.15) is 0 Å². The van der Waals surface area contributed by atoms with Gasteiger partial charge in [-0.3, -0.25) is 0 Å². The summed E-state index contributed by atoms with van der Waals surface area (Å²) in [4.78, 5) is 0. The predicted molar refractivity (Wildman–Crippen MR) is 229 cm³/mol. The quantitative estimate of drug-likeness (QED) is 0.170. The maximum atomic E-state index is 9.85. The summed E-state index contributed by atoms with van der Waals surface area (Å²) in [7, 11) is 0. The van der Waals surface area contributed by atoms with E-state index in [-0.39, 0.29) is 57.6 Å². The van der Waals surface area contributed by atoms with Crippen LogP contribution < -0.4 is 0 Å². The molecule has 0 radical (unpaired) electrons. The third kappa shape index (κ3) is 4.81.